The quantitative estimate of drug-likeness (QED) is 0.851. The van der Waals surface area contributed by atoms with E-state index in [-0.39, 0.29) is 10.6 Å². The Bertz CT molecular complexity index is 725. The zero-order valence-corrected chi connectivity index (χ0v) is 11.8. The minimum atomic E-state index is -1.15. The molecule has 0 saturated carbocycles. The SMILES string of the molecule is Cc1nsc(NC(=O)/C=C/c2cccc(F)c2)c1C(=O)O. The second-order valence-corrected chi connectivity index (χ2v) is 4.93. The summed E-state index contributed by atoms with van der Waals surface area (Å²) in [5.74, 6) is -2.06. The van der Waals surface area contributed by atoms with E-state index >= 15 is 0 Å². The van der Waals surface area contributed by atoms with E-state index in [2.05, 4.69) is 9.69 Å². The average molecular weight is 306 g/mol. The summed E-state index contributed by atoms with van der Waals surface area (Å²) in [6, 6.07) is 5.76. The Labute approximate surface area is 123 Å². The molecule has 5 nitrogen and oxygen atoms in total. The Morgan fingerprint density at radius 3 is 2.86 bits per heavy atom. The van der Waals surface area contributed by atoms with Crippen LogP contribution in [-0.2, 0) is 4.79 Å². The Hall–Kier alpha value is -2.54. The fourth-order valence-electron chi connectivity index (χ4n) is 1.64. The van der Waals surface area contributed by atoms with Crippen molar-refractivity contribution in [1.29, 1.82) is 0 Å². The van der Waals surface area contributed by atoms with E-state index in [1.54, 1.807) is 13.0 Å². The third-order valence-electron chi connectivity index (χ3n) is 2.59. The second-order valence-electron chi connectivity index (χ2n) is 4.15. The van der Waals surface area contributed by atoms with E-state index in [1.165, 1.54) is 30.4 Å². The molecular formula is C14H11FN2O3S. The number of aromatic carboxylic acids is 1. The van der Waals surface area contributed by atoms with Crippen LogP contribution in [0.3, 0.4) is 0 Å². The number of benzene rings is 1. The minimum absolute atomic E-state index is 0.0208. The first-order valence-electron chi connectivity index (χ1n) is 5.91. The first kappa shape index (κ1) is 14.9. The lowest BCUT2D eigenvalue weighted by molar-refractivity contribution is -0.111. The van der Waals surface area contributed by atoms with Gasteiger partial charge in [0.05, 0.1) is 5.69 Å². The van der Waals surface area contributed by atoms with Crippen LogP contribution in [0.25, 0.3) is 6.08 Å². The van der Waals surface area contributed by atoms with E-state index in [1.807, 2.05) is 0 Å². The number of hydrogen-bond donors (Lipinski definition) is 2. The van der Waals surface area contributed by atoms with Gasteiger partial charge in [-0.15, -0.1) is 0 Å². The fourth-order valence-corrected chi connectivity index (χ4v) is 2.43. The lowest BCUT2D eigenvalue weighted by atomic mass is 10.2. The number of carboxylic acid groups (broad SMARTS) is 1. The molecule has 0 unspecified atom stereocenters. The highest BCUT2D eigenvalue weighted by Crippen LogP contribution is 2.24. The number of carbonyl (C=O) groups is 2. The predicted molar refractivity (Wildman–Crippen MR) is 77.9 cm³/mol. The predicted octanol–water partition coefficient (Wildman–Crippen LogP) is 2.94. The number of anilines is 1. The fraction of sp³-hybridized carbons (Fsp3) is 0.0714. The molecule has 1 heterocycles. The zero-order chi connectivity index (χ0) is 15.4. The van der Waals surface area contributed by atoms with E-state index in [9.17, 15) is 14.0 Å². The molecule has 7 heteroatoms. The normalized spacial score (nSPS) is 10.8. The molecule has 1 aromatic carbocycles. The van der Waals surface area contributed by atoms with Gasteiger partial charge in [0.2, 0.25) is 5.91 Å². The second kappa shape index (κ2) is 6.27. The van der Waals surface area contributed by atoms with Crippen LogP contribution >= 0.6 is 11.5 Å². The number of carbonyl (C=O) groups excluding carboxylic acids is 1. The molecular weight excluding hydrogens is 295 g/mol. The molecule has 1 aromatic heterocycles. The molecule has 0 saturated heterocycles. The number of aryl methyl sites for hydroxylation is 1. The summed E-state index contributed by atoms with van der Waals surface area (Å²) in [6.45, 7) is 1.55. The average Bonchev–Trinajstić information content (AvgIpc) is 2.77. The topological polar surface area (TPSA) is 79.3 Å². The van der Waals surface area contributed by atoms with Crippen molar-refractivity contribution in [3.8, 4) is 0 Å². The van der Waals surface area contributed by atoms with Crippen LogP contribution in [0.5, 0.6) is 0 Å². The van der Waals surface area contributed by atoms with Gasteiger partial charge in [-0.25, -0.2) is 9.18 Å². The van der Waals surface area contributed by atoms with Crippen molar-refractivity contribution in [2.45, 2.75) is 6.92 Å². The molecule has 0 aliphatic heterocycles. The summed E-state index contributed by atoms with van der Waals surface area (Å²) in [5, 5.41) is 11.7. The van der Waals surface area contributed by atoms with Gasteiger partial charge in [0.15, 0.2) is 0 Å². The van der Waals surface area contributed by atoms with E-state index in [0.717, 1.165) is 11.5 Å². The van der Waals surface area contributed by atoms with E-state index in [4.69, 9.17) is 5.11 Å². The molecule has 2 aromatic rings. The number of nitrogens with one attached hydrogen (secondary N) is 1. The van der Waals surface area contributed by atoms with Crippen molar-refractivity contribution in [3.05, 3.63) is 53.0 Å². The molecule has 0 spiro atoms. The van der Waals surface area contributed by atoms with Crippen LogP contribution in [-0.4, -0.2) is 21.4 Å². The molecule has 21 heavy (non-hydrogen) atoms. The number of halogens is 1. The van der Waals surface area contributed by atoms with Gasteiger partial charge in [-0.05, 0) is 42.2 Å². The molecule has 108 valence electrons. The molecule has 2 rings (SSSR count). The smallest absolute Gasteiger partial charge is 0.340 e. The number of rotatable bonds is 4. The largest absolute Gasteiger partial charge is 0.478 e. The number of aromatic nitrogens is 1. The zero-order valence-electron chi connectivity index (χ0n) is 11.0. The maximum absolute atomic E-state index is 13.0. The lowest BCUT2D eigenvalue weighted by Crippen LogP contribution is -2.10. The van der Waals surface area contributed by atoms with Gasteiger partial charge >= 0.3 is 5.97 Å². The van der Waals surface area contributed by atoms with Crippen LogP contribution in [0.2, 0.25) is 0 Å². The van der Waals surface area contributed by atoms with Crippen molar-refractivity contribution >= 4 is 34.5 Å². The van der Waals surface area contributed by atoms with Crippen LogP contribution in [0.1, 0.15) is 21.6 Å². The lowest BCUT2D eigenvalue weighted by Gasteiger charge is -2.00. The Morgan fingerprint density at radius 2 is 2.19 bits per heavy atom. The molecule has 0 aliphatic rings. The van der Waals surface area contributed by atoms with Crippen LogP contribution in [0.4, 0.5) is 9.39 Å². The number of carboxylic acids is 1. The van der Waals surface area contributed by atoms with Crippen LogP contribution in [0, 0.1) is 12.7 Å². The molecule has 1 amide bonds. The van der Waals surface area contributed by atoms with Gasteiger partial charge in [-0.1, -0.05) is 12.1 Å². The monoisotopic (exact) mass is 306 g/mol. The van der Waals surface area contributed by atoms with Gasteiger partial charge in [0.1, 0.15) is 16.4 Å². The van der Waals surface area contributed by atoms with E-state index in [0.29, 0.717) is 11.3 Å². The highest BCUT2D eigenvalue weighted by molar-refractivity contribution is 7.11. The maximum atomic E-state index is 13.0. The molecule has 0 bridgehead atoms. The summed E-state index contributed by atoms with van der Waals surface area (Å²) in [6.07, 6.45) is 2.64. The Balaban J connectivity index is 2.11. The third-order valence-corrected chi connectivity index (χ3v) is 3.44. The van der Waals surface area contributed by atoms with Crippen molar-refractivity contribution < 1.29 is 19.1 Å². The van der Waals surface area contributed by atoms with Gasteiger partial charge in [-0.2, -0.15) is 4.37 Å². The van der Waals surface area contributed by atoms with Crippen LogP contribution < -0.4 is 5.32 Å². The standard InChI is InChI=1S/C14H11FN2O3S/c1-8-12(14(19)20)13(21-17-8)16-11(18)6-5-9-3-2-4-10(15)7-9/h2-7H,1H3,(H,16,18)(H,19,20)/b6-5+. The summed E-state index contributed by atoms with van der Waals surface area (Å²) in [4.78, 5) is 22.8. The number of hydrogen-bond acceptors (Lipinski definition) is 4. The molecule has 0 radical (unpaired) electrons. The highest BCUT2D eigenvalue weighted by Gasteiger charge is 2.18. The van der Waals surface area contributed by atoms with Gasteiger partial charge in [0.25, 0.3) is 0 Å². The van der Waals surface area contributed by atoms with Gasteiger partial charge < -0.3 is 10.4 Å². The van der Waals surface area contributed by atoms with Gasteiger partial charge in [0, 0.05) is 6.08 Å². The molecule has 0 aliphatic carbocycles. The van der Waals surface area contributed by atoms with Crippen molar-refractivity contribution in [1.82, 2.24) is 4.37 Å². The Morgan fingerprint density at radius 1 is 1.43 bits per heavy atom. The minimum Gasteiger partial charge on any atom is -0.478 e. The van der Waals surface area contributed by atoms with Crippen molar-refractivity contribution in [2.24, 2.45) is 0 Å². The first-order valence-corrected chi connectivity index (χ1v) is 6.69. The van der Waals surface area contributed by atoms with Gasteiger partial charge in [-0.3, -0.25) is 4.79 Å². The summed E-state index contributed by atoms with van der Waals surface area (Å²) >= 11 is 0.900. The summed E-state index contributed by atoms with van der Waals surface area (Å²) in [7, 11) is 0. The van der Waals surface area contributed by atoms with Crippen molar-refractivity contribution in [3.63, 3.8) is 0 Å². The maximum Gasteiger partial charge on any atom is 0.340 e. The molecule has 0 fully saturated rings. The first-order chi connectivity index (χ1) is 9.97. The third kappa shape index (κ3) is 3.73. The summed E-state index contributed by atoms with van der Waals surface area (Å²) < 4.78 is 16.9. The summed E-state index contributed by atoms with van der Waals surface area (Å²) in [5.41, 5.74) is 0.855. The molecule has 0 atom stereocenters. The van der Waals surface area contributed by atoms with Crippen LogP contribution in [0.15, 0.2) is 30.3 Å². The number of nitrogens with zero attached hydrogens (tertiary/aromatic N) is 1. The number of amides is 1. The highest BCUT2D eigenvalue weighted by atomic mass is 32.1. The van der Waals surface area contributed by atoms with Crippen molar-refractivity contribution in [2.75, 3.05) is 5.32 Å². The van der Waals surface area contributed by atoms with E-state index < -0.39 is 17.7 Å². The Kier molecular flexibility index (Phi) is 4.44. The molecule has 2 N–H and O–H groups in total.